The second kappa shape index (κ2) is 13.6. The SMILES string of the molecule is CCO[Si](CCCNCC(CN)CCN)(OCC)OCC. The number of rotatable bonds is 15. The highest BCUT2D eigenvalue weighted by atomic mass is 28.4. The van der Waals surface area contributed by atoms with Crippen LogP contribution in [-0.4, -0.2) is 54.8 Å². The predicted molar refractivity (Wildman–Crippen MR) is 89.1 cm³/mol. The first-order valence-electron chi connectivity index (χ1n) is 8.20. The first-order chi connectivity index (χ1) is 10.2. The minimum Gasteiger partial charge on any atom is -0.374 e. The normalized spacial score (nSPS) is 13.6. The van der Waals surface area contributed by atoms with Gasteiger partial charge in [0, 0.05) is 25.9 Å². The molecule has 1 atom stereocenters. The molecule has 0 heterocycles. The van der Waals surface area contributed by atoms with E-state index in [4.69, 9.17) is 24.7 Å². The van der Waals surface area contributed by atoms with Gasteiger partial charge in [0.25, 0.3) is 0 Å². The third kappa shape index (κ3) is 9.57. The van der Waals surface area contributed by atoms with Gasteiger partial charge in [-0.3, -0.25) is 0 Å². The van der Waals surface area contributed by atoms with Crippen molar-refractivity contribution in [1.82, 2.24) is 5.32 Å². The lowest BCUT2D eigenvalue weighted by molar-refractivity contribution is 0.0708. The maximum atomic E-state index is 5.83. The van der Waals surface area contributed by atoms with Crippen LogP contribution in [0.4, 0.5) is 0 Å². The average Bonchev–Trinajstić information content (AvgIpc) is 2.46. The Morgan fingerprint density at radius 2 is 1.57 bits per heavy atom. The van der Waals surface area contributed by atoms with E-state index in [0.717, 1.165) is 32.0 Å². The lowest BCUT2D eigenvalue weighted by Gasteiger charge is -2.28. The van der Waals surface area contributed by atoms with Gasteiger partial charge in [0.05, 0.1) is 0 Å². The fourth-order valence-corrected chi connectivity index (χ4v) is 4.89. The highest BCUT2D eigenvalue weighted by Gasteiger charge is 2.39. The Bertz CT molecular complexity index is 218. The summed E-state index contributed by atoms with van der Waals surface area (Å²) in [6.45, 7) is 11.0. The molecule has 0 saturated heterocycles. The first-order valence-corrected chi connectivity index (χ1v) is 10.1. The predicted octanol–water partition coefficient (Wildman–Crippen LogP) is 0.938. The highest BCUT2D eigenvalue weighted by Crippen LogP contribution is 2.17. The van der Waals surface area contributed by atoms with Gasteiger partial charge in [0.1, 0.15) is 0 Å². The molecule has 0 radical (unpaired) electrons. The second-order valence-corrected chi connectivity index (χ2v) is 7.70. The summed E-state index contributed by atoms with van der Waals surface area (Å²) in [5.74, 6) is 0.461. The molecule has 6 nitrogen and oxygen atoms in total. The van der Waals surface area contributed by atoms with Crippen molar-refractivity contribution in [3.05, 3.63) is 0 Å². The van der Waals surface area contributed by atoms with Crippen molar-refractivity contribution in [2.45, 2.75) is 39.7 Å². The first kappa shape index (κ1) is 21.0. The molecule has 0 aliphatic heterocycles. The average molecular weight is 322 g/mol. The molecule has 0 aliphatic carbocycles. The molecule has 0 aromatic carbocycles. The van der Waals surface area contributed by atoms with E-state index in [0.29, 0.717) is 38.8 Å². The van der Waals surface area contributed by atoms with E-state index in [9.17, 15) is 0 Å². The van der Waals surface area contributed by atoms with Crippen molar-refractivity contribution in [3.8, 4) is 0 Å². The Balaban J connectivity index is 4.06. The Kier molecular flexibility index (Phi) is 13.6. The molecule has 1 unspecified atom stereocenters. The Morgan fingerprint density at radius 3 is 2.00 bits per heavy atom. The lowest BCUT2D eigenvalue weighted by atomic mass is 10.1. The van der Waals surface area contributed by atoms with Gasteiger partial charge in [-0.05, 0) is 65.7 Å². The van der Waals surface area contributed by atoms with Crippen LogP contribution in [0.3, 0.4) is 0 Å². The quantitative estimate of drug-likeness (QED) is 0.307. The van der Waals surface area contributed by atoms with E-state index in [-0.39, 0.29) is 0 Å². The van der Waals surface area contributed by atoms with Crippen LogP contribution in [-0.2, 0) is 13.3 Å². The Labute approximate surface area is 131 Å². The molecule has 0 bridgehead atoms. The van der Waals surface area contributed by atoms with Crippen LogP contribution in [0.15, 0.2) is 0 Å². The van der Waals surface area contributed by atoms with E-state index < -0.39 is 8.80 Å². The van der Waals surface area contributed by atoms with Crippen molar-refractivity contribution >= 4 is 8.80 Å². The van der Waals surface area contributed by atoms with Gasteiger partial charge in [-0.15, -0.1) is 0 Å². The van der Waals surface area contributed by atoms with E-state index >= 15 is 0 Å². The van der Waals surface area contributed by atoms with Crippen molar-refractivity contribution in [3.63, 3.8) is 0 Å². The minimum atomic E-state index is -2.48. The van der Waals surface area contributed by atoms with Crippen molar-refractivity contribution in [1.29, 1.82) is 0 Å². The molecule has 0 aromatic heterocycles. The van der Waals surface area contributed by atoms with Gasteiger partial charge in [-0.1, -0.05) is 0 Å². The van der Waals surface area contributed by atoms with Crippen LogP contribution >= 0.6 is 0 Å². The standard InChI is InChI=1S/C14H35N3O3Si/c1-4-18-21(19-5-2,20-6-3)11-7-10-17-13-14(12-16)8-9-15/h14,17H,4-13,15-16H2,1-3H3. The molecule has 0 fully saturated rings. The molecule has 21 heavy (non-hydrogen) atoms. The molecule has 5 N–H and O–H groups in total. The summed E-state index contributed by atoms with van der Waals surface area (Å²) in [6, 6.07) is 0.847. The fraction of sp³-hybridized carbons (Fsp3) is 1.00. The molecule has 0 rings (SSSR count). The monoisotopic (exact) mass is 321 g/mol. The van der Waals surface area contributed by atoms with Crippen molar-refractivity contribution in [2.75, 3.05) is 46.0 Å². The zero-order valence-electron chi connectivity index (χ0n) is 14.0. The summed E-state index contributed by atoms with van der Waals surface area (Å²) in [4.78, 5) is 0. The maximum Gasteiger partial charge on any atom is 0.500 e. The summed E-state index contributed by atoms with van der Waals surface area (Å²) in [7, 11) is -2.48. The van der Waals surface area contributed by atoms with Gasteiger partial charge in [-0.2, -0.15) is 0 Å². The number of nitrogens with one attached hydrogen (secondary N) is 1. The third-order valence-electron chi connectivity index (χ3n) is 3.27. The Morgan fingerprint density at radius 1 is 1.00 bits per heavy atom. The molecule has 0 saturated carbocycles. The van der Waals surface area contributed by atoms with Crippen molar-refractivity contribution < 1.29 is 13.3 Å². The van der Waals surface area contributed by atoms with E-state index in [1.54, 1.807) is 0 Å². The second-order valence-electron chi connectivity index (χ2n) is 4.97. The van der Waals surface area contributed by atoms with Gasteiger partial charge in [0.2, 0.25) is 0 Å². The van der Waals surface area contributed by atoms with Gasteiger partial charge >= 0.3 is 8.80 Å². The van der Waals surface area contributed by atoms with Crippen LogP contribution in [0.25, 0.3) is 0 Å². The highest BCUT2D eigenvalue weighted by molar-refractivity contribution is 6.60. The summed E-state index contributed by atoms with van der Waals surface area (Å²) in [6.07, 6.45) is 1.95. The molecular weight excluding hydrogens is 286 g/mol. The van der Waals surface area contributed by atoms with Crippen molar-refractivity contribution in [2.24, 2.45) is 17.4 Å². The molecule has 7 heteroatoms. The summed E-state index contributed by atoms with van der Waals surface area (Å²) in [5.41, 5.74) is 11.3. The molecule has 0 aromatic rings. The van der Waals surface area contributed by atoms with E-state index in [1.807, 2.05) is 20.8 Å². The van der Waals surface area contributed by atoms with Crippen LogP contribution in [0.2, 0.25) is 6.04 Å². The lowest BCUT2D eigenvalue weighted by Crippen LogP contribution is -2.46. The fourth-order valence-electron chi connectivity index (χ4n) is 2.28. The topological polar surface area (TPSA) is 91.8 Å². The zero-order chi connectivity index (χ0) is 16.0. The van der Waals surface area contributed by atoms with Crippen LogP contribution in [0.5, 0.6) is 0 Å². The molecule has 0 spiro atoms. The molecule has 0 amide bonds. The van der Waals surface area contributed by atoms with E-state index in [1.165, 1.54) is 0 Å². The van der Waals surface area contributed by atoms with Crippen LogP contribution in [0, 0.1) is 5.92 Å². The van der Waals surface area contributed by atoms with E-state index in [2.05, 4.69) is 5.32 Å². The van der Waals surface area contributed by atoms with Crippen LogP contribution < -0.4 is 16.8 Å². The minimum absolute atomic E-state index is 0.461. The molecule has 128 valence electrons. The summed E-state index contributed by atoms with van der Waals surface area (Å²) in [5, 5.41) is 3.44. The largest absolute Gasteiger partial charge is 0.500 e. The molecule has 0 aliphatic rings. The smallest absolute Gasteiger partial charge is 0.374 e. The summed E-state index contributed by atoms with van der Waals surface area (Å²) >= 11 is 0. The number of hydrogen-bond donors (Lipinski definition) is 3. The third-order valence-corrected chi connectivity index (χ3v) is 6.42. The summed E-state index contributed by atoms with van der Waals surface area (Å²) < 4.78 is 17.5. The van der Waals surface area contributed by atoms with Gasteiger partial charge in [0.15, 0.2) is 0 Å². The molecular formula is C14H35N3O3Si. The Hall–Kier alpha value is -0.0231. The van der Waals surface area contributed by atoms with Crippen LogP contribution in [0.1, 0.15) is 33.6 Å². The van der Waals surface area contributed by atoms with Gasteiger partial charge < -0.3 is 30.1 Å². The zero-order valence-corrected chi connectivity index (χ0v) is 15.0. The maximum absolute atomic E-state index is 5.83. The number of hydrogen-bond acceptors (Lipinski definition) is 6. The number of nitrogens with two attached hydrogens (primary N) is 2. The van der Waals surface area contributed by atoms with Gasteiger partial charge in [-0.25, -0.2) is 0 Å².